The molecule has 18 heavy (non-hydrogen) atoms. The van der Waals surface area contributed by atoms with Crippen molar-refractivity contribution in [2.75, 3.05) is 21.3 Å². The van der Waals surface area contributed by atoms with Gasteiger partial charge in [0.2, 0.25) is 0 Å². The van der Waals surface area contributed by atoms with Crippen LogP contribution in [-0.4, -0.2) is 27.4 Å². The molecule has 0 saturated carbocycles. The van der Waals surface area contributed by atoms with Crippen molar-refractivity contribution in [3.8, 4) is 23.3 Å². The van der Waals surface area contributed by atoms with Gasteiger partial charge in [-0.15, -0.1) is 0 Å². The molecule has 0 radical (unpaired) electrons. The molecule has 1 N–H and O–H groups in total. The molecule has 5 heteroatoms. The van der Waals surface area contributed by atoms with Gasteiger partial charge in [0.25, 0.3) is 0 Å². The van der Waals surface area contributed by atoms with Crippen molar-refractivity contribution in [1.82, 2.24) is 5.32 Å². The van der Waals surface area contributed by atoms with Gasteiger partial charge in [-0.2, -0.15) is 5.26 Å². The number of benzene rings is 1. The van der Waals surface area contributed by atoms with Crippen molar-refractivity contribution >= 4 is 0 Å². The Balaban J connectivity index is 3.04. The minimum atomic E-state index is -0.235. The SMILES string of the molecule is COc1cc(OC)c(CNC(C)C#N)c(OC)c1. The van der Waals surface area contributed by atoms with Gasteiger partial charge in [0.15, 0.2) is 0 Å². The smallest absolute Gasteiger partial charge is 0.130 e. The predicted molar refractivity (Wildman–Crippen MR) is 68.0 cm³/mol. The van der Waals surface area contributed by atoms with E-state index >= 15 is 0 Å². The molecule has 0 aliphatic carbocycles. The summed E-state index contributed by atoms with van der Waals surface area (Å²) >= 11 is 0. The van der Waals surface area contributed by atoms with E-state index in [9.17, 15) is 0 Å². The minimum absolute atomic E-state index is 0.235. The molecule has 0 bridgehead atoms. The lowest BCUT2D eigenvalue weighted by Crippen LogP contribution is -2.24. The topological polar surface area (TPSA) is 63.5 Å². The first kappa shape index (κ1) is 14.1. The molecule has 0 aromatic heterocycles. The van der Waals surface area contributed by atoms with Crippen LogP contribution >= 0.6 is 0 Å². The molecule has 1 aromatic carbocycles. The fourth-order valence-electron chi connectivity index (χ4n) is 1.55. The van der Waals surface area contributed by atoms with Gasteiger partial charge in [-0.3, -0.25) is 5.32 Å². The van der Waals surface area contributed by atoms with E-state index in [1.54, 1.807) is 40.4 Å². The van der Waals surface area contributed by atoms with Crippen molar-refractivity contribution in [1.29, 1.82) is 5.26 Å². The molecule has 1 aromatic rings. The highest BCUT2D eigenvalue weighted by molar-refractivity contribution is 5.50. The maximum absolute atomic E-state index is 8.75. The zero-order chi connectivity index (χ0) is 13.5. The highest BCUT2D eigenvalue weighted by Crippen LogP contribution is 2.33. The summed E-state index contributed by atoms with van der Waals surface area (Å²) in [5.74, 6) is 2.01. The Morgan fingerprint density at radius 3 is 2.11 bits per heavy atom. The van der Waals surface area contributed by atoms with Gasteiger partial charge in [0.1, 0.15) is 17.2 Å². The molecule has 5 nitrogen and oxygen atoms in total. The van der Waals surface area contributed by atoms with E-state index in [1.807, 2.05) is 0 Å². The highest BCUT2D eigenvalue weighted by Gasteiger charge is 2.13. The van der Waals surface area contributed by atoms with Crippen LogP contribution in [0.25, 0.3) is 0 Å². The molecule has 0 spiro atoms. The molecule has 0 aliphatic rings. The molecule has 0 heterocycles. The van der Waals surface area contributed by atoms with Crippen LogP contribution in [0.2, 0.25) is 0 Å². The van der Waals surface area contributed by atoms with Crippen LogP contribution in [-0.2, 0) is 6.54 Å². The number of hydrogen-bond acceptors (Lipinski definition) is 5. The van der Waals surface area contributed by atoms with Crippen molar-refractivity contribution in [2.24, 2.45) is 0 Å². The Kier molecular flexibility index (Phi) is 5.28. The Labute approximate surface area is 107 Å². The average molecular weight is 250 g/mol. The van der Waals surface area contributed by atoms with Gasteiger partial charge in [0, 0.05) is 18.7 Å². The third-order valence-electron chi connectivity index (χ3n) is 2.60. The summed E-state index contributed by atoms with van der Waals surface area (Å²) in [7, 11) is 4.76. The second-order valence-corrected chi connectivity index (χ2v) is 3.74. The zero-order valence-corrected chi connectivity index (χ0v) is 11.1. The lowest BCUT2D eigenvalue weighted by molar-refractivity contribution is 0.366. The van der Waals surface area contributed by atoms with E-state index in [4.69, 9.17) is 19.5 Å². The van der Waals surface area contributed by atoms with Gasteiger partial charge in [-0.05, 0) is 6.92 Å². The number of ether oxygens (including phenoxy) is 3. The molecule has 0 fully saturated rings. The van der Waals surface area contributed by atoms with E-state index < -0.39 is 0 Å². The summed E-state index contributed by atoms with van der Waals surface area (Å²) in [6.07, 6.45) is 0. The number of methoxy groups -OCH3 is 3. The molecule has 0 aliphatic heterocycles. The summed E-state index contributed by atoms with van der Waals surface area (Å²) in [4.78, 5) is 0. The normalized spacial score (nSPS) is 11.5. The molecule has 0 amide bonds. The Hall–Kier alpha value is -1.93. The summed E-state index contributed by atoms with van der Waals surface area (Å²) in [5.41, 5.74) is 0.864. The maximum Gasteiger partial charge on any atom is 0.130 e. The Morgan fingerprint density at radius 1 is 1.17 bits per heavy atom. The maximum atomic E-state index is 8.75. The highest BCUT2D eigenvalue weighted by atomic mass is 16.5. The first-order valence-electron chi connectivity index (χ1n) is 5.58. The minimum Gasteiger partial charge on any atom is -0.496 e. The fourth-order valence-corrected chi connectivity index (χ4v) is 1.55. The third kappa shape index (κ3) is 3.28. The second-order valence-electron chi connectivity index (χ2n) is 3.74. The molecular weight excluding hydrogens is 232 g/mol. The molecular formula is C13H18N2O3. The Morgan fingerprint density at radius 2 is 1.72 bits per heavy atom. The lowest BCUT2D eigenvalue weighted by Gasteiger charge is -2.16. The van der Waals surface area contributed by atoms with Gasteiger partial charge >= 0.3 is 0 Å². The molecule has 98 valence electrons. The number of nitriles is 1. The standard InChI is InChI=1S/C13H18N2O3/c1-9(7-14)15-8-11-12(17-3)5-10(16-2)6-13(11)18-4/h5-6,9,15H,8H2,1-4H3. The van der Waals surface area contributed by atoms with Crippen LogP contribution in [0.4, 0.5) is 0 Å². The molecule has 0 saturated heterocycles. The van der Waals surface area contributed by atoms with E-state index in [1.165, 1.54) is 0 Å². The van der Waals surface area contributed by atoms with Crippen LogP contribution in [0.5, 0.6) is 17.2 Å². The summed E-state index contributed by atoms with van der Waals surface area (Å²) in [6.45, 7) is 2.29. The van der Waals surface area contributed by atoms with Gasteiger partial charge in [0.05, 0.1) is 39.0 Å². The summed E-state index contributed by atoms with van der Waals surface area (Å²) in [6, 6.07) is 5.46. The van der Waals surface area contributed by atoms with Crippen molar-refractivity contribution in [3.63, 3.8) is 0 Å². The molecule has 1 unspecified atom stereocenters. The summed E-state index contributed by atoms with van der Waals surface area (Å²) in [5, 5.41) is 11.8. The number of nitrogens with zero attached hydrogens (tertiary/aromatic N) is 1. The molecule has 1 rings (SSSR count). The number of hydrogen-bond donors (Lipinski definition) is 1. The van der Waals surface area contributed by atoms with E-state index in [2.05, 4.69) is 11.4 Å². The van der Waals surface area contributed by atoms with E-state index in [0.29, 0.717) is 23.8 Å². The van der Waals surface area contributed by atoms with Crippen LogP contribution in [0.15, 0.2) is 12.1 Å². The number of rotatable bonds is 6. The van der Waals surface area contributed by atoms with Gasteiger partial charge < -0.3 is 14.2 Å². The second kappa shape index (κ2) is 6.72. The van der Waals surface area contributed by atoms with Crippen LogP contribution < -0.4 is 19.5 Å². The van der Waals surface area contributed by atoms with Gasteiger partial charge in [-0.25, -0.2) is 0 Å². The largest absolute Gasteiger partial charge is 0.496 e. The Bertz CT molecular complexity index is 415. The van der Waals surface area contributed by atoms with Crippen molar-refractivity contribution in [3.05, 3.63) is 17.7 Å². The van der Waals surface area contributed by atoms with Crippen LogP contribution in [0.1, 0.15) is 12.5 Å². The monoisotopic (exact) mass is 250 g/mol. The summed E-state index contributed by atoms with van der Waals surface area (Å²) < 4.78 is 15.8. The number of nitrogens with one attached hydrogen (secondary N) is 1. The fraction of sp³-hybridized carbons (Fsp3) is 0.462. The predicted octanol–water partition coefficient (Wildman–Crippen LogP) is 1.71. The first-order valence-corrected chi connectivity index (χ1v) is 5.58. The lowest BCUT2D eigenvalue weighted by atomic mass is 10.1. The molecule has 1 atom stereocenters. The van der Waals surface area contributed by atoms with Crippen molar-refractivity contribution in [2.45, 2.75) is 19.5 Å². The van der Waals surface area contributed by atoms with Crippen LogP contribution in [0, 0.1) is 11.3 Å². The average Bonchev–Trinajstić information content (AvgIpc) is 2.43. The van der Waals surface area contributed by atoms with Crippen molar-refractivity contribution < 1.29 is 14.2 Å². The van der Waals surface area contributed by atoms with Crippen LogP contribution in [0.3, 0.4) is 0 Å². The third-order valence-corrected chi connectivity index (χ3v) is 2.60. The van der Waals surface area contributed by atoms with Gasteiger partial charge in [-0.1, -0.05) is 0 Å². The van der Waals surface area contributed by atoms with E-state index in [-0.39, 0.29) is 6.04 Å². The quantitative estimate of drug-likeness (QED) is 0.832. The zero-order valence-electron chi connectivity index (χ0n) is 11.1. The first-order chi connectivity index (χ1) is 8.65. The van der Waals surface area contributed by atoms with E-state index in [0.717, 1.165) is 5.56 Å².